The van der Waals surface area contributed by atoms with Gasteiger partial charge in [0.25, 0.3) is 0 Å². The highest BCUT2D eigenvalue weighted by atomic mass is 15.2. The van der Waals surface area contributed by atoms with Crippen LogP contribution in [0.2, 0.25) is 0 Å². The third kappa shape index (κ3) is 4.67. The molecule has 0 aromatic carbocycles. The predicted molar refractivity (Wildman–Crippen MR) is 79.6 cm³/mol. The maximum absolute atomic E-state index is 4.49. The van der Waals surface area contributed by atoms with Crippen molar-refractivity contribution in [2.45, 2.75) is 39.2 Å². The molecule has 19 heavy (non-hydrogen) atoms. The Kier molecular flexibility index (Phi) is 5.39. The summed E-state index contributed by atoms with van der Waals surface area (Å²) in [5.74, 6) is 1.68. The van der Waals surface area contributed by atoms with Crippen molar-refractivity contribution in [1.29, 1.82) is 0 Å². The zero-order valence-electron chi connectivity index (χ0n) is 12.0. The summed E-state index contributed by atoms with van der Waals surface area (Å²) in [6.07, 6.45) is 7.59. The lowest BCUT2D eigenvalue weighted by Gasteiger charge is -2.29. The van der Waals surface area contributed by atoms with Crippen LogP contribution in [0.25, 0.3) is 0 Å². The Hall–Kier alpha value is -1.36. The summed E-state index contributed by atoms with van der Waals surface area (Å²) < 4.78 is 0. The second-order valence-electron chi connectivity index (χ2n) is 5.23. The molecule has 106 valence electrons. The molecule has 5 nitrogen and oxygen atoms in total. The molecule has 0 saturated carbocycles. The van der Waals surface area contributed by atoms with Crippen LogP contribution in [0.15, 0.2) is 12.4 Å². The van der Waals surface area contributed by atoms with Gasteiger partial charge in [0, 0.05) is 19.1 Å². The zero-order valence-corrected chi connectivity index (χ0v) is 12.0. The number of rotatable bonds is 6. The van der Waals surface area contributed by atoms with E-state index in [2.05, 4.69) is 39.3 Å². The van der Waals surface area contributed by atoms with Crippen molar-refractivity contribution in [3.05, 3.63) is 12.4 Å². The fourth-order valence-corrected chi connectivity index (χ4v) is 2.53. The van der Waals surface area contributed by atoms with Gasteiger partial charge in [-0.3, -0.25) is 4.98 Å². The third-order valence-corrected chi connectivity index (χ3v) is 3.37. The van der Waals surface area contributed by atoms with Crippen molar-refractivity contribution in [3.8, 4) is 0 Å². The molecule has 2 heterocycles. The Balaban J connectivity index is 1.83. The zero-order chi connectivity index (χ0) is 13.5. The molecular formula is C14H25N5. The molecule has 0 radical (unpaired) electrons. The van der Waals surface area contributed by atoms with Crippen LogP contribution in [-0.2, 0) is 0 Å². The molecule has 2 rings (SSSR count). The smallest absolute Gasteiger partial charge is 0.147 e. The summed E-state index contributed by atoms with van der Waals surface area (Å²) in [5, 5.41) is 6.61. The van der Waals surface area contributed by atoms with Crippen LogP contribution in [0.1, 0.15) is 33.1 Å². The minimum Gasteiger partial charge on any atom is -0.369 e. The van der Waals surface area contributed by atoms with Gasteiger partial charge in [-0.15, -0.1) is 0 Å². The van der Waals surface area contributed by atoms with Crippen LogP contribution in [0.4, 0.5) is 11.6 Å². The van der Waals surface area contributed by atoms with Gasteiger partial charge in [-0.1, -0.05) is 6.42 Å². The van der Waals surface area contributed by atoms with E-state index in [1.807, 2.05) is 0 Å². The number of anilines is 2. The molecule has 5 heteroatoms. The van der Waals surface area contributed by atoms with E-state index >= 15 is 0 Å². The monoisotopic (exact) mass is 263 g/mol. The van der Waals surface area contributed by atoms with Gasteiger partial charge in [0.05, 0.1) is 12.4 Å². The Morgan fingerprint density at radius 3 is 2.68 bits per heavy atom. The van der Waals surface area contributed by atoms with E-state index in [-0.39, 0.29) is 0 Å². The fraction of sp³-hybridized carbons (Fsp3) is 0.714. The van der Waals surface area contributed by atoms with Crippen LogP contribution in [0.5, 0.6) is 0 Å². The first kappa shape index (κ1) is 14.1. The van der Waals surface area contributed by atoms with Gasteiger partial charge in [-0.2, -0.15) is 0 Å². The second kappa shape index (κ2) is 7.28. The summed E-state index contributed by atoms with van der Waals surface area (Å²) in [4.78, 5) is 11.2. The Morgan fingerprint density at radius 1 is 1.21 bits per heavy atom. The van der Waals surface area contributed by atoms with Gasteiger partial charge in [0.15, 0.2) is 0 Å². The number of hydrogen-bond acceptors (Lipinski definition) is 5. The highest BCUT2D eigenvalue weighted by Gasteiger charge is 2.13. The van der Waals surface area contributed by atoms with Gasteiger partial charge < -0.3 is 15.5 Å². The van der Waals surface area contributed by atoms with Gasteiger partial charge in [0.2, 0.25) is 0 Å². The van der Waals surface area contributed by atoms with Crippen LogP contribution in [-0.4, -0.2) is 47.1 Å². The molecule has 2 N–H and O–H groups in total. The van der Waals surface area contributed by atoms with Crippen molar-refractivity contribution in [2.24, 2.45) is 0 Å². The van der Waals surface area contributed by atoms with E-state index in [9.17, 15) is 0 Å². The van der Waals surface area contributed by atoms with E-state index in [0.29, 0.717) is 6.04 Å². The molecule has 0 amide bonds. The molecule has 1 saturated heterocycles. The Labute approximate surface area is 115 Å². The molecule has 1 unspecified atom stereocenters. The SMILES string of the molecule is CCNc1cncc(NC(C)CN2CCCCC2)n1. The molecule has 1 atom stereocenters. The summed E-state index contributed by atoms with van der Waals surface area (Å²) in [6.45, 7) is 8.66. The molecular weight excluding hydrogens is 238 g/mol. The summed E-state index contributed by atoms with van der Waals surface area (Å²) >= 11 is 0. The van der Waals surface area contributed by atoms with E-state index in [1.54, 1.807) is 12.4 Å². The largest absolute Gasteiger partial charge is 0.369 e. The predicted octanol–water partition coefficient (Wildman–Crippen LogP) is 2.19. The third-order valence-electron chi connectivity index (χ3n) is 3.37. The molecule has 0 bridgehead atoms. The van der Waals surface area contributed by atoms with Crippen LogP contribution < -0.4 is 10.6 Å². The van der Waals surface area contributed by atoms with E-state index in [4.69, 9.17) is 0 Å². The summed E-state index contributed by atoms with van der Waals surface area (Å²) in [6, 6.07) is 0.393. The second-order valence-corrected chi connectivity index (χ2v) is 5.23. The fourth-order valence-electron chi connectivity index (χ4n) is 2.53. The number of piperidine rings is 1. The van der Waals surface area contributed by atoms with Gasteiger partial charge in [-0.25, -0.2) is 4.98 Å². The van der Waals surface area contributed by atoms with Crippen molar-refractivity contribution < 1.29 is 0 Å². The minimum atomic E-state index is 0.393. The highest BCUT2D eigenvalue weighted by Crippen LogP contribution is 2.11. The lowest BCUT2D eigenvalue weighted by molar-refractivity contribution is 0.223. The number of nitrogens with one attached hydrogen (secondary N) is 2. The number of nitrogens with zero attached hydrogens (tertiary/aromatic N) is 3. The Bertz CT molecular complexity index is 376. The van der Waals surface area contributed by atoms with Gasteiger partial charge >= 0.3 is 0 Å². The molecule has 0 spiro atoms. The van der Waals surface area contributed by atoms with Crippen LogP contribution in [0, 0.1) is 0 Å². The molecule has 1 fully saturated rings. The Morgan fingerprint density at radius 2 is 1.95 bits per heavy atom. The quantitative estimate of drug-likeness (QED) is 0.824. The van der Waals surface area contributed by atoms with Crippen LogP contribution >= 0.6 is 0 Å². The lowest BCUT2D eigenvalue weighted by Crippen LogP contribution is -2.38. The number of likely N-dealkylation sites (tertiary alicyclic amines) is 1. The van der Waals surface area contributed by atoms with E-state index in [0.717, 1.165) is 24.7 Å². The average molecular weight is 263 g/mol. The molecule has 1 aliphatic heterocycles. The lowest BCUT2D eigenvalue weighted by atomic mass is 10.1. The molecule has 1 aliphatic rings. The normalized spacial score (nSPS) is 18.0. The maximum Gasteiger partial charge on any atom is 0.147 e. The highest BCUT2D eigenvalue weighted by molar-refractivity contribution is 5.41. The maximum atomic E-state index is 4.49. The van der Waals surface area contributed by atoms with Crippen molar-refractivity contribution in [1.82, 2.24) is 14.9 Å². The first-order valence-corrected chi connectivity index (χ1v) is 7.32. The summed E-state index contributed by atoms with van der Waals surface area (Å²) in [7, 11) is 0. The van der Waals surface area contributed by atoms with Crippen molar-refractivity contribution >= 4 is 11.6 Å². The topological polar surface area (TPSA) is 53.1 Å². The molecule has 0 aliphatic carbocycles. The van der Waals surface area contributed by atoms with Gasteiger partial charge in [0.1, 0.15) is 11.6 Å². The number of aromatic nitrogens is 2. The molecule has 1 aromatic heterocycles. The summed E-state index contributed by atoms with van der Waals surface area (Å²) in [5.41, 5.74) is 0. The first-order chi connectivity index (χ1) is 9.28. The minimum absolute atomic E-state index is 0.393. The van der Waals surface area contributed by atoms with E-state index < -0.39 is 0 Å². The molecule has 1 aromatic rings. The van der Waals surface area contributed by atoms with Gasteiger partial charge in [-0.05, 0) is 39.8 Å². The van der Waals surface area contributed by atoms with Crippen molar-refractivity contribution in [3.63, 3.8) is 0 Å². The van der Waals surface area contributed by atoms with E-state index in [1.165, 1.54) is 32.4 Å². The van der Waals surface area contributed by atoms with Crippen molar-refractivity contribution in [2.75, 3.05) is 36.8 Å². The number of hydrogen-bond donors (Lipinski definition) is 2. The average Bonchev–Trinajstić information content (AvgIpc) is 2.40. The van der Waals surface area contributed by atoms with Crippen LogP contribution in [0.3, 0.4) is 0 Å². The standard InChI is InChI=1S/C14H25N5/c1-3-16-13-9-15-10-14(18-13)17-12(2)11-19-7-5-4-6-8-19/h9-10,12H,3-8,11H2,1-2H3,(H2,16,17,18). The first-order valence-electron chi connectivity index (χ1n) is 7.32.